The summed E-state index contributed by atoms with van der Waals surface area (Å²) in [6.45, 7) is 2.49. The van der Waals surface area contributed by atoms with Gasteiger partial charge in [0.2, 0.25) is 0 Å². The van der Waals surface area contributed by atoms with E-state index in [1.807, 2.05) is 6.92 Å². The highest BCUT2D eigenvalue weighted by atomic mass is 19.1. The molecule has 4 heteroatoms. The Hall–Kier alpha value is -2.36. The maximum atomic E-state index is 13.3. The quantitative estimate of drug-likeness (QED) is 0.619. The van der Waals surface area contributed by atoms with Gasteiger partial charge in [-0.25, -0.2) is 4.39 Å². The zero-order chi connectivity index (χ0) is 14.4. The minimum atomic E-state index is -0.549. The summed E-state index contributed by atoms with van der Waals surface area (Å²) in [6, 6.07) is 13.0. The van der Waals surface area contributed by atoms with Crippen LogP contribution < -0.4 is 9.47 Å². The molecule has 2 rings (SSSR count). The van der Waals surface area contributed by atoms with E-state index in [9.17, 15) is 9.18 Å². The molecule has 0 radical (unpaired) electrons. The normalized spacial score (nSPS) is 10.1. The fraction of sp³-hybridized carbons (Fsp3) is 0.188. The number of esters is 1. The average Bonchev–Trinajstić information content (AvgIpc) is 2.44. The van der Waals surface area contributed by atoms with Crippen molar-refractivity contribution < 1.29 is 18.7 Å². The summed E-state index contributed by atoms with van der Waals surface area (Å²) in [7, 11) is 0. The second-order valence-electron chi connectivity index (χ2n) is 4.16. The first-order valence-corrected chi connectivity index (χ1v) is 6.36. The molecule has 0 saturated carbocycles. The number of ether oxygens (including phenoxy) is 2. The molecule has 0 unspecified atom stereocenters. The lowest BCUT2D eigenvalue weighted by molar-refractivity contribution is -0.133. The topological polar surface area (TPSA) is 35.5 Å². The monoisotopic (exact) mass is 274 g/mol. The molecule has 0 heterocycles. The number of hydrogen-bond donors (Lipinski definition) is 0. The Kier molecular flexibility index (Phi) is 4.71. The largest absolute Gasteiger partial charge is 0.494 e. The average molecular weight is 274 g/mol. The standard InChI is InChI=1S/C16H15FO3/c1-2-19-13-9-7-12(8-10-13)11-16(18)20-15-6-4-3-5-14(15)17/h3-10H,2,11H2,1H3. The predicted octanol–water partition coefficient (Wildman–Crippen LogP) is 3.37. The second kappa shape index (κ2) is 6.70. The number of benzene rings is 2. The van der Waals surface area contributed by atoms with E-state index < -0.39 is 11.8 Å². The first-order valence-electron chi connectivity index (χ1n) is 6.36. The molecule has 2 aromatic carbocycles. The fourth-order valence-electron chi connectivity index (χ4n) is 1.72. The van der Waals surface area contributed by atoms with Crippen LogP contribution in [-0.2, 0) is 11.2 Å². The SMILES string of the molecule is CCOc1ccc(CC(=O)Oc2ccccc2F)cc1. The van der Waals surface area contributed by atoms with Crippen molar-refractivity contribution >= 4 is 5.97 Å². The van der Waals surface area contributed by atoms with Crippen LogP contribution in [0.3, 0.4) is 0 Å². The van der Waals surface area contributed by atoms with E-state index in [0.29, 0.717) is 6.61 Å². The van der Waals surface area contributed by atoms with Gasteiger partial charge in [0.15, 0.2) is 11.6 Å². The van der Waals surface area contributed by atoms with Crippen LogP contribution in [0.1, 0.15) is 12.5 Å². The molecule has 0 aliphatic heterocycles. The molecule has 0 aromatic heterocycles. The zero-order valence-electron chi connectivity index (χ0n) is 11.1. The van der Waals surface area contributed by atoms with Crippen molar-refractivity contribution in [3.8, 4) is 11.5 Å². The van der Waals surface area contributed by atoms with E-state index in [1.54, 1.807) is 36.4 Å². The van der Waals surface area contributed by atoms with Gasteiger partial charge in [0.05, 0.1) is 13.0 Å². The van der Waals surface area contributed by atoms with Gasteiger partial charge in [0.25, 0.3) is 0 Å². The minimum absolute atomic E-state index is 0.0524. The number of hydrogen-bond acceptors (Lipinski definition) is 3. The van der Waals surface area contributed by atoms with Crippen LogP contribution in [-0.4, -0.2) is 12.6 Å². The number of para-hydroxylation sites is 1. The molecule has 0 bridgehead atoms. The van der Waals surface area contributed by atoms with E-state index in [2.05, 4.69) is 0 Å². The highest BCUT2D eigenvalue weighted by molar-refractivity contribution is 5.75. The van der Waals surface area contributed by atoms with Crippen LogP contribution in [0.4, 0.5) is 4.39 Å². The van der Waals surface area contributed by atoms with Crippen LogP contribution in [0.5, 0.6) is 11.5 Å². The highest BCUT2D eigenvalue weighted by Crippen LogP contribution is 2.17. The third kappa shape index (κ3) is 3.82. The molecule has 104 valence electrons. The summed E-state index contributed by atoms with van der Waals surface area (Å²) >= 11 is 0. The molecule has 0 aliphatic carbocycles. The van der Waals surface area contributed by atoms with Crippen molar-refractivity contribution in [1.29, 1.82) is 0 Å². The minimum Gasteiger partial charge on any atom is -0.494 e. The maximum absolute atomic E-state index is 13.3. The van der Waals surface area contributed by atoms with Gasteiger partial charge in [-0.05, 0) is 36.8 Å². The molecule has 20 heavy (non-hydrogen) atoms. The van der Waals surface area contributed by atoms with Crippen LogP contribution in [0, 0.1) is 5.82 Å². The summed E-state index contributed by atoms with van der Waals surface area (Å²) in [6.07, 6.45) is 0.0841. The lowest BCUT2D eigenvalue weighted by Crippen LogP contribution is -2.12. The van der Waals surface area contributed by atoms with Crippen molar-refractivity contribution in [3.63, 3.8) is 0 Å². The molecular weight excluding hydrogens is 259 g/mol. The Labute approximate surface area is 117 Å². The first-order chi connectivity index (χ1) is 9.69. The fourth-order valence-corrected chi connectivity index (χ4v) is 1.72. The van der Waals surface area contributed by atoms with Gasteiger partial charge in [0.1, 0.15) is 5.75 Å². The molecule has 0 atom stereocenters. The van der Waals surface area contributed by atoms with Gasteiger partial charge in [-0.15, -0.1) is 0 Å². The molecule has 3 nitrogen and oxygen atoms in total. The van der Waals surface area contributed by atoms with Gasteiger partial charge in [0, 0.05) is 0 Å². The summed E-state index contributed by atoms with van der Waals surface area (Å²) in [5.41, 5.74) is 0.787. The smallest absolute Gasteiger partial charge is 0.315 e. The lowest BCUT2D eigenvalue weighted by atomic mass is 10.1. The third-order valence-corrected chi connectivity index (χ3v) is 2.64. The van der Waals surface area contributed by atoms with Crippen molar-refractivity contribution in [2.24, 2.45) is 0 Å². The third-order valence-electron chi connectivity index (χ3n) is 2.64. The molecule has 0 saturated heterocycles. The summed E-state index contributed by atoms with van der Waals surface area (Å²) in [5.74, 6) is -0.353. The van der Waals surface area contributed by atoms with Gasteiger partial charge in [-0.1, -0.05) is 24.3 Å². The Morgan fingerprint density at radius 2 is 1.80 bits per heavy atom. The van der Waals surface area contributed by atoms with Crippen molar-refractivity contribution in [1.82, 2.24) is 0 Å². The van der Waals surface area contributed by atoms with E-state index in [-0.39, 0.29) is 12.2 Å². The Balaban J connectivity index is 1.96. The predicted molar refractivity (Wildman–Crippen MR) is 73.4 cm³/mol. The molecular formula is C16H15FO3. The number of halogens is 1. The van der Waals surface area contributed by atoms with Crippen molar-refractivity contribution in [2.75, 3.05) is 6.61 Å². The first kappa shape index (κ1) is 14.1. The zero-order valence-corrected chi connectivity index (χ0v) is 11.1. The number of rotatable bonds is 5. The van der Waals surface area contributed by atoms with E-state index in [0.717, 1.165) is 11.3 Å². The number of carbonyl (C=O) groups excluding carboxylic acids is 1. The maximum Gasteiger partial charge on any atom is 0.315 e. The molecule has 0 amide bonds. The van der Waals surface area contributed by atoms with E-state index in [4.69, 9.17) is 9.47 Å². The summed E-state index contributed by atoms with van der Waals surface area (Å²) in [5, 5.41) is 0. The molecule has 0 spiro atoms. The van der Waals surface area contributed by atoms with Crippen molar-refractivity contribution in [3.05, 3.63) is 59.9 Å². The van der Waals surface area contributed by atoms with Crippen molar-refractivity contribution in [2.45, 2.75) is 13.3 Å². The molecule has 0 fully saturated rings. The van der Waals surface area contributed by atoms with Crippen LogP contribution >= 0.6 is 0 Å². The Morgan fingerprint density at radius 1 is 1.10 bits per heavy atom. The molecule has 0 N–H and O–H groups in total. The van der Waals surface area contributed by atoms with E-state index >= 15 is 0 Å². The molecule has 0 aliphatic rings. The highest BCUT2D eigenvalue weighted by Gasteiger charge is 2.09. The van der Waals surface area contributed by atoms with Gasteiger partial charge in [-0.2, -0.15) is 0 Å². The lowest BCUT2D eigenvalue weighted by Gasteiger charge is -2.06. The Bertz CT molecular complexity index is 579. The molecule has 2 aromatic rings. The summed E-state index contributed by atoms with van der Waals surface area (Å²) < 4.78 is 23.6. The number of carbonyl (C=O) groups is 1. The van der Waals surface area contributed by atoms with Gasteiger partial charge in [-0.3, -0.25) is 4.79 Å². The van der Waals surface area contributed by atoms with Crippen LogP contribution in [0.25, 0.3) is 0 Å². The van der Waals surface area contributed by atoms with Crippen LogP contribution in [0.2, 0.25) is 0 Å². The van der Waals surface area contributed by atoms with Gasteiger partial charge >= 0.3 is 5.97 Å². The van der Waals surface area contributed by atoms with E-state index in [1.165, 1.54) is 12.1 Å². The summed E-state index contributed by atoms with van der Waals surface area (Å²) in [4.78, 5) is 11.7. The van der Waals surface area contributed by atoms with Gasteiger partial charge < -0.3 is 9.47 Å². The second-order valence-corrected chi connectivity index (χ2v) is 4.16. The Morgan fingerprint density at radius 3 is 2.45 bits per heavy atom. The van der Waals surface area contributed by atoms with Crippen LogP contribution in [0.15, 0.2) is 48.5 Å².